The second kappa shape index (κ2) is 9.87. The number of pyridine rings is 1. The summed E-state index contributed by atoms with van der Waals surface area (Å²) in [6.07, 6.45) is -0.299. The Morgan fingerprint density at radius 3 is 2.55 bits per heavy atom. The Hall–Kier alpha value is -3.65. The highest BCUT2D eigenvalue weighted by Crippen LogP contribution is 2.25. The normalized spacial score (nSPS) is 13.7. The summed E-state index contributed by atoms with van der Waals surface area (Å²) in [7, 11) is -3.84. The minimum absolute atomic E-state index is 0.213. The van der Waals surface area contributed by atoms with Gasteiger partial charge < -0.3 is 15.0 Å². The molecule has 0 unspecified atom stereocenters. The third-order valence-electron chi connectivity index (χ3n) is 4.84. The summed E-state index contributed by atoms with van der Waals surface area (Å²) in [5.74, 6) is -0.459. The van der Waals surface area contributed by atoms with Gasteiger partial charge in [-0.1, -0.05) is 30.3 Å². The number of hydrogen-bond donors (Lipinski definition) is 2. The number of sulfonamides is 1. The van der Waals surface area contributed by atoms with Crippen molar-refractivity contribution in [2.24, 2.45) is 0 Å². The lowest BCUT2D eigenvalue weighted by atomic mass is 10.1. The molecule has 1 aromatic carbocycles. The summed E-state index contributed by atoms with van der Waals surface area (Å²) in [5.41, 5.74) is 1.43. The molecule has 0 saturated carbocycles. The van der Waals surface area contributed by atoms with E-state index in [1.54, 1.807) is 56.0 Å². The smallest absolute Gasteiger partial charge is 0.340 e. The van der Waals surface area contributed by atoms with Gasteiger partial charge in [-0.15, -0.1) is 0 Å². The molecule has 1 aromatic heterocycles. The molecule has 1 saturated heterocycles. The molecule has 1 aliphatic heterocycles. The van der Waals surface area contributed by atoms with Crippen LogP contribution in [0.25, 0.3) is 0 Å². The summed E-state index contributed by atoms with van der Waals surface area (Å²) < 4.78 is 31.6. The average Bonchev–Trinajstić information content (AvgIpc) is 2.69. The van der Waals surface area contributed by atoms with E-state index in [2.05, 4.69) is 10.3 Å². The van der Waals surface area contributed by atoms with E-state index >= 15 is 0 Å². The van der Waals surface area contributed by atoms with E-state index in [1.165, 1.54) is 6.07 Å². The van der Waals surface area contributed by atoms with Gasteiger partial charge >= 0.3 is 12.0 Å². The standard InChI is InChI=1S/C22H25N5O5S/c1-14(2)32-21(28)19-9-17(10-23)20(24-15(19)3)27-11-18(12-27)25-22(29)26-33(30,31)13-16-7-5-4-6-8-16/h4-9,14,18H,11-13H2,1-3H3,(H2,25,26,29). The van der Waals surface area contributed by atoms with Gasteiger partial charge in [-0.2, -0.15) is 5.26 Å². The lowest BCUT2D eigenvalue weighted by Crippen LogP contribution is -2.61. The van der Waals surface area contributed by atoms with E-state index in [0.29, 0.717) is 30.2 Å². The van der Waals surface area contributed by atoms with Crippen LogP contribution in [0.3, 0.4) is 0 Å². The molecule has 2 N–H and O–H groups in total. The summed E-state index contributed by atoms with van der Waals surface area (Å²) in [6, 6.07) is 10.9. The molecule has 0 radical (unpaired) electrons. The number of urea groups is 1. The van der Waals surface area contributed by atoms with E-state index in [9.17, 15) is 23.3 Å². The van der Waals surface area contributed by atoms with Crippen molar-refractivity contribution >= 4 is 27.8 Å². The Balaban J connectivity index is 1.58. The highest BCUT2D eigenvalue weighted by molar-refractivity contribution is 7.89. The van der Waals surface area contributed by atoms with Crippen LogP contribution in [0.4, 0.5) is 10.6 Å². The van der Waals surface area contributed by atoms with Crippen LogP contribution in [0.15, 0.2) is 36.4 Å². The van der Waals surface area contributed by atoms with Crippen LogP contribution in [-0.4, -0.2) is 50.6 Å². The van der Waals surface area contributed by atoms with Gasteiger partial charge in [0.2, 0.25) is 10.0 Å². The highest BCUT2D eigenvalue weighted by atomic mass is 32.2. The molecule has 2 heterocycles. The van der Waals surface area contributed by atoms with Gasteiger partial charge in [-0.05, 0) is 32.4 Å². The fraction of sp³-hybridized carbons (Fsp3) is 0.364. The van der Waals surface area contributed by atoms with Gasteiger partial charge in [-0.25, -0.2) is 27.7 Å². The number of nitriles is 1. The van der Waals surface area contributed by atoms with Crippen molar-refractivity contribution in [1.29, 1.82) is 5.26 Å². The third kappa shape index (κ3) is 6.20. The van der Waals surface area contributed by atoms with Crippen molar-refractivity contribution < 1.29 is 22.7 Å². The predicted molar refractivity (Wildman–Crippen MR) is 121 cm³/mol. The number of benzene rings is 1. The number of aryl methyl sites for hydroxylation is 1. The van der Waals surface area contributed by atoms with E-state index in [1.807, 2.05) is 10.8 Å². The van der Waals surface area contributed by atoms with E-state index in [4.69, 9.17) is 4.74 Å². The molecule has 0 atom stereocenters. The summed E-state index contributed by atoms with van der Waals surface area (Å²) in [5, 5.41) is 12.1. The first-order valence-corrected chi connectivity index (χ1v) is 12.0. The number of carbonyl (C=O) groups is 2. The molecule has 33 heavy (non-hydrogen) atoms. The molecule has 174 valence electrons. The second-order valence-corrected chi connectivity index (χ2v) is 9.70. The molecule has 0 bridgehead atoms. The monoisotopic (exact) mass is 471 g/mol. The summed E-state index contributed by atoms with van der Waals surface area (Å²) in [6.45, 7) is 5.79. The molecule has 1 aliphatic rings. The fourth-order valence-corrected chi connectivity index (χ4v) is 4.37. The SMILES string of the molecule is Cc1nc(N2CC(NC(=O)NS(=O)(=O)Cc3ccccc3)C2)c(C#N)cc1C(=O)OC(C)C. The van der Waals surface area contributed by atoms with Gasteiger partial charge in [0.05, 0.1) is 34.7 Å². The maximum absolute atomic E-state index is 12.2. The molecular formula is C22H25N5O5S. The average molecular weight is 472 g/mol. The zero-order chi connectivity index (χ0) is 24.2. The first-order chi connectivity index (χ1) is 15.6. The van der Waals surface area contributed by atoms with Gasteiger partial charge in [-0.3, -0.25) is 0 Å². The van der Waals surface area contributed by atoms with Crippen LogP contribution in [-0.2, 0) is 20.5 Å². The largest absolute Gasteiger partial charge is 0.459 e. The van der Waals surface area contributed by atoms with Crippen LogP contribution in [0.2, 0.25) is 0 Å². The molecule has 2 aromatic rings. The lowest BCUT2D eigenvalue weighted by Gasteiger charge is -2.40. The topological polar surface area (TPSA) is 141 Å². The first-order valence-electron chi connectivity index (χ1n) is 10.3. The number of rotatable bonds is 7. The van der Waals surface area contributed by atoms with Gasteiger partial charge in [0.15, 0.2) is 0 Å². The molecule has 2 amide bonds. The van der Waals surface area contributed by atoms with E-state index in [-0.39, 0.29) is 29.0 Å². The van der Waals surface area contributed by atoms with Gasteiger partial charge in [0.25, 0.3) is 0 Å². The van der Waals surface area contributed by atoms with Crippen molar-refractivity contribution in [3.8, 4) is 6.07 Å². The minimum atomic E-state index is -3.84. The molecule has 11 heteroatoms. The Morgan fingerprint density at radius 1 is 1.27 bits per heavy atom. The summed E-state index contributed by atoms with van der Waals surface area (Å²) >= 11 is 0. The van der Waals surface area contributed by atoms with Crippen LogP contribution in [0, 0.1) is 18.3 Å². The van der Waals surface area contributed by atoms with Crippen LogP contribution in [0.1, 0.15) is 41.0 Å². The van der Waals surface area contributed by atoms with Crippen LogP contribution < -0.4 is 14.9 Å². The number of nitrogens with zero attached hydrogens (tertiary/aromatic N) is 3. The number of amides is 2. The van der Waals surface area contributed by atoms with Gasteiger partial charge in [0, 0.05) is 13.1 Å². The number of carbonyl (C=O) groups excluding carboxylic acids is 2. The number of esters is 1. The highest BCUT2D eigenvalue weighted by Gasteiger charge is 2.32. The third-order valence-corrected chi connectivity index (χ3v) is 6.05. The molecule has 1 fully saturated rings. The summed E-state index contributed by atoms with van der Waals surface area (Å²) in [4.78, 5) is 30.5. The number of ether oxygens (including phenoxy) is 1. The van der Waals surface area contributed by atoms with E-state index < -0.39 is 22.0 Å². The quantitative estimate of drug-likeness (QED) is 0.583. The van der Waals surface area contributed by atoms with Crippen LogP contribution >= 0.6 is 0 Å². The second-order valence-electron chi connectivity index (χ2n) is 7.98. The van der Waals surface area contributed by atoms with Gasteiger partial charge in [0.1, 0.15) is 11.9 Å². The number of hydrogen-bond acceptors (Lipinski definition) is 8. The maximum Gasteiger partial charge on any atom is 0.340 e. The minimum Gasteiger partial charge on any atom is -0.459 e. The molecule has 3 rings (SSSR count). The first kappa shape index (κ1) is 24.0. The zero-order valence-corrected chi connectivity index (χ0v) is 19.3. The Bertz CT molecular complexity index is 1190. The lowest BCUT2D eigenvalue weighted by molar-refractivity contribution is 0.0376. The van der Waals surface area contributed by atoms with Crippen molar-refractivity contribution in [2.45, 2.75) is 38.7 Å². The Morgan fingerprint density at radius 2 is 1.94 bits per heavy atom. The van der Waals surface area contributed by atoms with Crippen molar-refractivity contribution in [3.63, 3.8) is 0 Å². The Labute approximate surface area is 192 Å². The number of aromatic nitrogens is 1. The van der Waals surface area contributed by atoms with Crippen molar-refractivity contribution in [1.82, 2.24) is 15.0 Å². The van der Waals surface area contributed by atoms with Crippen molar-refractivity contribution in [3.05, 3.63) is 58.8 Å². The molecule has 10 nitrogen and oxygen atoms in total. The van der Waals surface area contributed by atoms with Crippen LogP contribution in [0.5, 0.6) is 0 Å². The molecule has 0 spiro atoms. The zero-order valence-electron chi connectivity index (χ0n) is 18.5. The molecular weight excluding hydrogens is 446 g/mol. The Kier molecular flexibility index (Phi) is 7.18. The molecule has 0 aliphatic carbocycles. The number of anilines is 1. The maximum atomic E-state index is 12.2. The van der Waals surface area contributed by atoms with Crippen molar-refractivity contribution in [2.75, 3.05) is 18.0 Å². The predicted octanol–water partition coefficient (Wildman–Crippen LogP) is 1.84. The van der Waals surface area contributed by atoms with E-state index in [0.717, 1.165) is 0 Å². The fourth-order valence-electron chi connectivity index (χ4n) is 3.33. The number of nitrogens with one attached hydrogen (secondary N) is 2.